The number of carbonyl (C=O) groups is 1. The number of nitrogens with two attached hydrogens (primary N) is 1. The molecule has 102 valence electrons. The van der Waals surface area contributed by atoms with Crippen LogP contribution in [0.1, 0.15) is 27.0 Å². The van der Waals surface area contributed by atoms with Crippen LogP contribution in [0.3, 0.4) is 0 Å². The SMILES string of the molecule is Cc1ccc(/C=N/OCc2ccc(C(N)=O)cc2)cc1. The summed E-state index contributed by atoms with van der Waals surface area (Å²) >= 11 is 0. The molecular weight excluding hydrogens is 252 g/mol. The van der Waals surface area contributed by atoms with Crippen LogP contribution in [-0.2, 0) is 11.4 Å². The van der Waals surface area contributed by atoms with Gasteiger partial charge in [0.05, 0.1) is 6.21 Å². The first-order valence-corrected chi connectivity index (χ1v) is 6.26. The molecule has 2 aromatic rings. The molecule has 4 heteroatoms. The monoisotopic (exact) mass is 268 g/mol. The number of primary amides is 1. The van der Waals surface area contributed by atoms with Gasteiger partial charge in [0.1, 0.15) is 6.61 Å². The number of amides is 1. The number of carbonyl (C=O) groups excluding carboxylic acids is 1. The fourth-order valence-corrected chi connectivity index (χ4v) is 1.63. The Kier molecular flexibility index (Phi) is 4.50. The van der Waals surface area contributed by atoms with E-state index in [-0.39, 0.29) is 0 Å². The second-order valence-corrected chi connectivity index (χ2v) is 4.48. The summed E-state index contributed by atoms with van der Waals surface area (Å²) in [5.41, 5.74) is 8.77. The highest BCUT2D eigenvalue weighted by atomic mass is 16.6. The zero-order valence-electron chi connectivity index (χ0n) is 11.2. The standard InChI is InChI=1S/C16H16N2O2/c1-12-2-4-13(5-3-12)10-18-20-11-14-6-8-15(9-7-14)16(17)19/h2-10H,11H2,1H3,(H2,17,19)/b18-10+. The van der Waals surface area contributed by atoms with Gasteiger partial charge in [-0.05, 0) is 30.2 Å². The molecule has 0 saturated carbocycles. The number of nitrogens with zero attached hydrogens (tertiary/aromatic N) is 1. The van der Waals surface area contributed by atoms with E-state index in [1.54, 1.807) is 30.5 Å². The lowest BCUT2D eigenvalue weighted by molar-refractivity contribution is 0.1000. The molecule has 0 heterocycles. The highest BCUT2D eigenvalue weighted by Gasteiger charge is 1.99. The summed E-state index contributed by atoms with van der Waals surface area (Å²) in [6.45, 7) is 2.38. The van der Waals surface area contributed by atoms with Crippen LogP contribution in [-0.4, -0.2) is 12.1 Å². The maximum atomic E-state index is 10.9. The molecule has 0 atom stereocenters. The second kappa shape index (κ2) is 6.52. The van der Waals surface area contributed by atoms with Gasteiger partial charge in [0.2, 0.25) is 5.91 Å². The van der Waals surface area contributed by atoms with E-state index in [2.05, 4.69) is 5.16 Å². The predicted octanol–water partition coefficient (Wildman–Crippen LogP) is 2.64. The molecule has 0 aromatic heterocycles. The summed E-state index contributed by atoms with van der Waals surface area (Å²) in [6, 6.07) is 14.9. The van der Waals surface area contributed by atoms with Crippen molar-refractivity contribution in [3.63, 3.8) is 0 Å². The van der Waals surface area contributed by atoms with Gasteiger partial charge in [-0.2, -0.15) is 0 Å². The first kappa shape index (κ1) is 13.8. The van der Waals surface area contributed by atoms with Crippen LogP contribution in [0, 0.1) is 6.92 Å². The van der Waals surface area contributed by atoms with E-state index in [1.165, 1.54) is 5.56 Å². The number of rotatable bonds is 5. The van der Waals surface area contributed by atoms with E-state index in [4.69, 9.17) is 10.6 Å². The van der Waals surface area contributed by atoms with E-state index in [9.17, 15) is 4.79 Å². The number of hydrogen-bond acceptors (Lipinski definition) is 3. The van der Waals surface area contributed by atoms with Crippen molar-refractivity contribution in [2.75, 3.05) is 0 Å². The lowest BCUT2D eigenvalue weighted by atomic mass is 10.1. The summed E-state index contributed by atoms with van der Waals surface area (Å²) in [7, 11) is 0. The minimum atomic E-state index is -0.435. The molecule has 4 nitrogen and oxygen atoms in total. The Bertz CT molecular complexity index is 601. The van der Waals surface area contributed by atoms with Crippen molar-refractivity contribution in [3.8, 4) is 0 Å². The summed E-state index contributed by atoms with van der Waals surface area (Å²) < 4.78 is 0. The van der Waals surface area contributed by atoms with Crippen molar-refractivity contribution in [1.82, 2.24) is 0 Å². The molecule has 20 heavy (non-hydrogen) atoms. The summed E-state index contributed by atoms with van der Waals surface area (Å²) in [5.74, 6) is -0.435. The predicted molar refractivity (Wildman–Crippen MR) is 78.5 cm³/mol. The highest BCUT2D eigenvalue weighted by Crippen LogP contribution is 2.06. The smallest absolute Gasteiger partial charge is 0.248 e. The van der Waals surface area contributed by atoms with Crippen LogP contribution in [0.5, 0.6) is 0 Å². The van der Waals surface area contributed by atoms with Gasteiger partial charge in [0.15, 0.2) is 0 Å². The number of aryl methyl sites for hydroxylation is 1. The van der Waals surface area contributed by atoms with Gasteiger partial charge in [-0.15, -0.1) is 0 Å². The Balaban J connectivity index is 1.86. The maximum Gasteiger partial charge on any atom is 0.248 e. The first-order valence-electron chi connectivity index (χ1n) is 6.26. The third-order valence-electron chi connectivity index (χ3n) is 2.82. The average molecular weight is 268 g/mol. The number of benzene rings is 2. The summed E-state index contributed by atoms with van der Waals surface area (Å²) in [5, 5.41) is 3.91. The van der Waals surface area contributed by atoms with Crippen molar-refractivity contribution >= 4 is 12.1 Å². The zero-order valence-corrected chi connectivity index (χ0v) is 11.2. The molecule has 2 N–H and O–H groups in total. The van der Waals surface area contributed by atoms with Crippen LogP contribution >= 0.6 is 0 Å². The first-order chi connectivity index (χ1) is 9.65. The Morgan fingerprint density at radius 2 is 1.80 bits per heavy atom. The molecule has 0 radical (unpaired) electrons. The van der Waals surface area contributed by atoms with E-state index in [0.29, 0.717) is 12.2 Å². The second-order valence-electron chi connectivity index (χ2n) is 4.48. The van der Waals surface area contributed by atoms with E-state index in [0.717, 1.165) is 11.1 Å². The van der Waals surface area contributed by atoms with Crippen LogP contribution in [0.2, 0.25) is 0 Å². The maximum absolute atomic E-state index is 10.9. The van der Waals surface area contributed by atoms with Gasteiger partial charge in [0.25, 0.3) is 0 Å². The Morgan fingerprint density at radius 3 is 2.40 bits per heavy atom. The Morgan fingerprint density at radius 1 is 1.15 bits per heavy atom. The summed E-state index contributed by atoms with van der Waals surface area (Å²) in [4.78, 5) is 16.1. The van der Waals surface area contributed by atoms with Gasteiger partial charge in [0, 0.05) is 5.56 Å². The van der Waals surface area contributed by atoms with Crippen molar-refractivity contribution < 1.29 is 9.63 Å². The quantitative estimate of drug-likeness (QED) is 0.669. The normalized spacial score (nSPS) is 10.7. The van der Waals surface area contributed by atoms with Crippen molar-refractivity contribution in [2.45, 2.75) is 13.5 Å². The topological polar surface area (TPSA) is 64.7 Å². The lowest BCUT2D eigenvalue weighted by Crippen LogP contribution is -2.10. The average Bonchev–Trinajstić information content (AvgIpc) is 2.46. The minimum absolute atomic E-state index is 0.349. The molecule has 0 aliphatic rings. The zero-order chi connectivity index (χ0) is 14.4. The molecule has 0 fully saturated rings. The fraction of sp³-hybridized carbons (Fsp3) is 0.125. The third kappa shape index (κ3) is 3.95. The lowest BCUT2D eigenvalue weighted by Gasteiger charge is -2.01. The van der Waals surface area contributed by atoms with Gasteiger partial charge in [-0.3, -0.25) is 4.79 Å². The number of oxime groups is 1. The van der Waals surface area contributed by atoms with Crippen molar-refractivity contribution in [2.24, 2.45) is 10.9 Å². The molecule has 2 aromatic carbocycles. The van der Waals surface area contributed by atoms with E-state index < -0.39 is 5.91 Å². The van der Waals surface area contributed by atoms with Crippen LogP contribution < -0.4 is 5.73 Å². The fourth-order valence-electron chi connectivity index (χ4n) is 1.63. The van der Waals surface area contributed by atoms with Gasteiger partial charge < -0.3 is 10.6 Å². The molecule has 0 aliphatic heterocycles. The third-order valence-corrected chi connectivity index (χ3v) is 2.82. The Labute approximate surface area is 117 Å². The molecular formula is C16H16N2O2. The molecule has 1 amide bonds. The molecule has 0 aliphatic carbocycles. The molecule has 0 bridgehead atoms. The summed E-state index contributed by atoms with van der Waals surface area (Å²) in [6.07, 6.45) is 1.66. The van der Waals surface area contributed by atoms with Gasteiger partial charge in [-0.25, -0.2) is 0 Å². The van der Waals surface area contributed by atoms with Gasteiger partial charge in [-0.1, -0.05) is 47.1 Å². The van der Waals surface area contributed by atoms with E-state index in [1.807, 2.05) is 31.2 Å². The van der Waals surface area contributed by atoms with E-state index >= 15 is 0 Å². The van der Waals surface area contributed by atoms with Crippen molar-refractivity contribution in [1.29, 1.82) is 0 Å². The highest BCUT2D eigenvalue weighted by molar-refractivity contribution is 5.92. The molecule has 0 spiro atoms. The molecule has 2 rings (SSSR count). The van der Waals surface area contributed by atoms with Crippen molar-refractivity contribution in [3.05, 3.63) is 70.8 Å². The molecule has 0 saturated heterocycles. The van der Waals surface area contributed by atoms with Crippen LogP contribution in [0.25, 0.3) is 0 Å². The number of hydrogen-bond donors (Lipinski definition) is 1. The molecule has 0 unspecified atom stereocenters. The Hall–Kier alpha value is -2.62. The minimum Gasteiger partial charge on any atom is -0.391 e. The van der Waals surface area contributed by atoms with Crippen LogP contribution in [0.15, 0.2) is 53.7 Å². The largest absolute Gasteiger partial charge is 0.391 e. The van der Waals surface area contributed by atoms with Gasteiger partial charge >= 0.3 is 0 Å². The van der Waals surface area contributed by atoms with Crippen LogP contribution in [0.4, 0.5) is 0 Å².